The van der Waals surface area contributed by atoms with E-state index in [2.05, 4.69) is 13.8 Å². The van der Waals surface area contributed by atoms with Crippen molar-refractivity contribution in [2.24, 2.45) is 5.92 Å². The van der Waals surface area contributed by atoms with Gasteiger partial charge in [-0.3, -0.25) is 0 Å². The molecule has 1 aromatic carbocycles. The average molecular weight is 487 g/mol. The van der Waals surface area contributed by atoms with Gasteiger partial charge in [0.2, 0.25) is 0 Å². The third-order valence-corrected chi connectivity index (χ3v) is 7.18. The van der Waals surface area contributed by atoms with Gasteiger partial charge in [0.25, 0.3) is 0 Å². The molecule has 0 heterocycles. The normalized spacial score (nSPS) is 19.7. The Hall–Kier alpha value is -1.59. The number of hydrogen-bond donors (Lipinski definition) is 0. The Labute approximate surface area is 202 Å². The molecule has 0 saturated heterocycles. The summed E-state index contributed by atoms with van der Waals surface area (Å²) in [6, 6.07) is 4.28. The number of hydrogen-bond acceptors (Lipinski definition) is 2. The summed E-state index contributed by atoms with van der Waals surface area (Å²) in [4.78, 5) is 12.4. The van der Waals surface area contributed by atoms with Crippen LogP contribution in [0.2, 0.25) is 0 Å². The van der Waals surface area contributed by atoms with Crippen molar-refractivity contribution >= 4 is 5.97 Å². The van der Waals surface area contributed by atoms with Crippen LogP contribution >= 0.6 is 0 Å². The largest absolute Gasteiger partial charge is 0.449 e. The molecule has 1 aliphatic rings. The molecule has 0 aliphatic heterocycles. The second kappa shape index (κ2) is 14.7. The third-order valence-electron chi connectivity index (χ3n) is 7.18. The Balaban J connectivity index is 1.90. The van der Waals surface area contributed by atoms with Gasteiger partial charge in [-0.2, -0.15) is 13.2 Å². The minimum Gasteiger partial charge on any atom is -0.449 e. The summed E-state index contributed by atoms with van der Waals surface area (Å²) in [7, 11) is 0. The van der Waals surface area contributed by atoms with Crippen LogP contribution in [0.5, 0.6) is 0 Å². The molecule has 0 aromatic heterocycles. The first kappa shape index (κ1) is 28.6. The topological polar surface area (TPSA) is 26.3 Å². The van der Waals surface area contributed by atoms with Gasteiger partial charge in [0.1, 0.15) is 5.82 Å². The first-order valence-corrected chi connectivity index (χ1v) is 13.3. The maximum absolute atomic E-state index is 14.7. The molecule has 0 spiro atoms. The van der Waals surface area contributed by atoms with Gasteiger partial charge in [0.15, 0.2) is 6.10 Å². The Morgan fingerprint density at radius 2 is 1.56 bits per heavy atom. The molecule has 0 radical (unpaired) electrons. The molecule has 6 heteroatoms. The van der Waals surface area contributed by atoms with Crippen molar-refractivity contribution in [3.8, 4) is 0 Å². The molecule has 1 fully saturated rings. The highest BCUT2D eigenvalue weighted by Crippen LogP contribution is 2.38. The first-order valence-electron chi connectivity index (χ1n) is 13.3. The molecule has 2 nitrogen and oxygen atoms in total. The highest BCUT2D eigenvalue weighted by molar-refractivity contribution is 5.90. The molecular weight excluding hydrogens is 444 g/mol. The maximum atomic E-state index is 14.7. The minimum atomic E-state index is -4.66. The first-order chi connectivity index (χ1) is 16.3. The lowest BCUT2D eigenvalue weighted by Gasteiger charge is -2.29. The molecule has 194 valence electrons. The van der Waals surface area contributed by atoms with Crippen molar-refractivity contribution in [1.29, 1.82) is 0 Å². The molecule has 0 N–H and O–H groups in total. The fraction of sp³-hybridized carbons (Fsp3) is 0.750. The van der Waals surface area contributed by atoms with Gasteiger partial charge in [-0.25, -0.2) is 9.18 Å². The van der Waals surface area contributed by atoms with Gasteiger partial charge >= 0.3 is 12.1 Å². The van der Waals surface area contributed by atoms with Crippen molar-refractivity contribution in [1.82, 2.24) is 0 Å². The van der Waals surface area contributed by atoms with Gasteiger partial charge in [-0.05, 0) is 68.1 Å². The van der Waals surface area contributed by atoms with E-state index in [1.165, 1.54) is 37.8 Å². The average Bonchev–Trinajstić information content (AvgIpc) is 2.80. The summed E-state index contributed by atoms with van der Waals surface area (Å²) in [6.07, 6.45) is 6.99. The highest BCUT2D eigenvalue weighted by atomic mass is 19.4. The van der Waals surface area contributed by atoms with Crippen LogP contribution in [-0.2, 0) is 4.74 Å². The van der Waals surface area contributed by atoms with Crippen LogP contribution in [0.3, 0.4) is 0 Å². The molecule has 34 heavy (non-hydrogen) atoms. The number of carbonyl (C=O) groups is 1. The predicted molar refractivity (Wildman–Crippen MR) is 128 cm³/mol. The van der Waals surface area contributed by atoms with Crippen molar-refractivity contribution in [2.45, 2.75) is 128 Å². The Bertz CT molecular complexity index is 724. The smallest absolute Gasteiger partial charge is 0.425 e. The zero-order valence-corrected chi connectivity index (χ0v) is 20.9. The fourth-order valence-electron chi connectivity index (χ4n) is 5.01. The predicted octanol–water partition coefficient (Wildman–Crippen LogP) is 9.52. The van der Waals surface area contributed by atoms with Crippen LogP contribution in [0.25, 0.3) is 0 Å². The molecule has 1 aromatic rings. The lowest BCUT2D eigenvalue weighted by Crippen LogP contribution is -2.34. The Morgan fingerprint density at radius 1 is 0.941 bits per heavy atom. The van der Waals surface area contributed by atoms with E-state index in [1.807, 2.05) is 0 Å². The van der Waals surface area contributed by atoms with Crippen LogP contribution in [-0.4, -0.2) is 18.2 Å². The lowest BCUT2D eigenvalue weighted by atomic mass is 9.77. The summed E-state index contributed by atoms with van der Waals surface area (Å²) in [5, 5.41) is 0. The van der Waals surface area contributed by atoms with Crippen LogP contribution < -0.4 is 0 Å². The zero-order chi connectivity index (χ0) is 25.0. The van der Waals surface area contributed by atoms with Crippen LogP contribution in [0.15, 0.2) is 18.2 Å². The third kappa shape index (κ3) is 9.58. The number of esters is 1. The molecular formula is C28H42F4O2. The van der Waals surface area contributed by atoms with E-state index >= 15 is 0 Å². The number of halogens is 4. The number of unbranched alkanes of at least 4 members (excludes halogenated alkanes) is 7. The van der Waals surface area contributed by atoms with E-state index in [0.29, 0.717) is 12.8 Å². The van der Waals surface area contributed by atoms with E-state index in [4.69, 9.17) is 4.74 Å². The standard InChI is InChI=1S/C28H42F4O2/c1-3-5-7-8-9-11-13-26(28(30,31)32)34-27(33)24-19-18-23(20-25(24)29)22-16-14-21(15-17-22)12-10-6-4-2/h18-22,26H,3-17H2,1-2H3. The highest BCUT2D eigenvalue weighted by Gasteiger charge is 2.42. The molecule has 0 bridgehead atoms. The molecule has 1 aliphatic carbocycles. The van der Waals surface area contributed by atoms with E-state index < -0.39 is 29.6 Å². The summed E-state index contributed by atoms with van der Waals surface area (Å²) >= 11 is 0. The second-order valence-electron chi connectivity index (χ2n) is 9.94. The van der Waals surface area contributed by atoms with Crippen LogP contribution in [0.1, 0.15) is 132 Å². The Kier molecular flexibility index (Phi) is 12.4. The summed E-state index contributed by atoms with van der Waals surface area (Å²) in [5.74, 6) is -1.07. The monoisotopic (exact) mass is 486 g/mol. The van der Waals surface area contributed by atoms with Gasteiger partial charge in [-0.15, -0.1) is 0 Å². The van der Waals surface area contributed by atoms with Crippen molar-refractivity contribution < 1.29 is 27.1 Å². The van der Waals surface area contributed by atoms with Crippen LogP contribution in [0, 0.1) is 11.7 Å². The van der Waals surface area contributed by atoms with Crippen molar-refractivity contribution in [3.05, 3.63) is 35.1 Å². The molecule has 0 amide bonds. The van der Waals surface area contributed by atoms with Crippen LogP contribution in [0.4, 0.5) is 17.6 Å². The van der Waals surface area contributed by atoms with E-state index in [-0.39, 0.29) is 12.3 Å². The van der Waals surface area contributed by atoms with E-state index in [0.717, 1.165) is 62.8 Å². The zero-order valence-electron chi connectivity index (χ0n) is 20.9. The van der Waals surface area contributed by atoms with E-state index in [1.54, 1.807) is 6.07 Å². The number of alkyl halides is 3. The summed E-state index contributed by atoms with van der Waals surface area (Å²) in [6.45, 7) is 4.27. The molecule has 1 unspecified atom stereocenters. The SMILES string of the molecule is CCCCCCCCC(OC(=O)c1ccc(C2CCC(CCCCC)CC2)cc1F)C(F)(F)F. The van der Waals surface area contributed by atoms with Crippen molar-refractivity contribution in [3.63, 3.8) is 0 Å². The number of ether oxygens (including phenoxy) is 1. The van der Waals surface area contributed by atoms with Gasteiger partial charge in [0, 0.05) is 0 Å². The number of carbonyl (C=O) groups excluding carboxylic acids is 1. The van der Waals surface area contributed by atoms with Gasteiger partial charge in [-0.1, -0.05) is 77.7 Å². The summed E-state index contributed by atoms with van der Waals surface area (Å²) in [5.41, 5.74) is 0.398. The summed E-state index contributed by atoms with van der Waals surface area (Å²) < 4.78 is 59.7. The molecule has 2 rings (SSSR count). The second-order valence-corrected chi connectivity index (χ2v) is 9.94. The number of rotatable bonds is 14. The lowest BCUT2D eigenvalue weighted by molar-refractivity contribution is -0.206. The number of benzene rings is 1. The van der Waals surface area contributed by atoms with Gasteiger partial charge < -0.3 is 4.74 Å². The quantitative estimate of drug-likeness (QED) is 0.149. The van der Waals surface area contributed by atoms with Crippen molar-refractivity contribution in [2.75, 3.05) is 0 Å². The maximum Gasteiger partial charge on any atom is 0.425 e. The molecule has 1 saturated carbocycles. The fourth-order valence-corrected chi connectivity index (χ4v) is 5.01. The molecule has 1 atom stereocenters. The van der Waals surface area contributed by atoms with Gasteiger partial charge in [0.05, 0.1) is 5.56 Å². The minimum absolute atomic E-state index is 0.234. The Morgan fingerprint density at radius 3 is 2.18 bits per heavy atom. The van der Waals surface area contributed by atoms with E-state index in [9.17, 15) is 22.4 Å².